The molecule has 0 radical (unpaired) electrons. The summed E-state index contributed by atoms with van der Waals surface area (Å²) in [7, 11) is 0. The predicted octanol–water partition coefficient (Wildman–Crippen LogP) is 4.88. The zero-order chi connectivity index (χ0) is 15.0. The predicted molar refractivity (Wildman–Crippen MR) is 81.5 cm³/mol. The van der Waals surface area contributed by atoms with Gasteiger partial charge >= 0.3 is 0 Å². The van der Waals surface area contributed by atoms with Gasteiger partial charge in [0.25, 0.3) is 0 Å². The molecule has 21 heavy (non-hydrogen) atoms. The van der Waals surface area contributed by atoms with Crippen molar-refractivity contribution in [2.75, 3.05) is 6.54 Å². The fraction of sp³-hybridized carbons (Fsp3) is 0.294. The van der Waals surface area contributed by atoms with Gasteiger partial charge in [-0.25, -0.2) is 8.78 Å². The smallest absolute Gasteiger partial charge is 0.160 e. The zero-order valence-corrected chi connectivity index (χ0v) is 12.5. The van der Waals surface area contributed by atoms with Crippen molar-refractivity contribution in [1.29, 1.82) is 0 Å². The molecule has 3 rings (SSSR count). The number of rotatable bonds is 3. The quantitative estimate of drug-likeness (QED) is 0.797. The van der Waals surface area contributed by atoms with Crippen LogP contribution in [0.15, 0.2) is 30.3 Å². The van der Waals surface area contributed by atoms with Gasteiger partial charge in [-0.15, -0.1) is 0 Å². The standard InChI is InChI=1S/C17H16ClF2N/c1-2-21-17-6-4-10-7-11(3-5-12(10)17)13-8-15(19)16(20)9-14(13)18/h3,5,7-9,17,21H,2,4,6H2,1H3. The van der Waals surface area contributed by atoms with Crippen LogP contribution in [0.1, 0.15) is 30.5 Å². The molecule has 0 saturated carbocycles. The van der Waals surface area contributed by atoms with E-state index in [0.717, 1.165) is 37.1 Å². The van der Waals surface area contributed by atoms with E-state index in [2.05, 4.69) is 18.3 Å². The number of halogens is 3. The SMILES string of the molecule is CCNC1CCc2cc(-c3cc(F)c(F)cc3Cl)ccc21. The van der Waals surface area contributed by atoms with Crippen LogP contribution in [0.2, 0.25) is 5.02 Å². The maximum Gasteiger partial charge on any atom is 0.160 e. The minimum absolute atomic E-state index is 0.232. The average Bonchev–Trinajstić information content (AvgIpc) is 2.86. The minimum atomic E-state index is -0.919. The third-order valence-electron chi connectivity index (χ3n) is 3.99. The summed E-state index contributed by atoms with van der Waals surface area (Å²) in [6.45, 7) is 3.02. The van der Waals surface area contributed by atoms with Crippen molar-refractivity contribution >= 4 is 11.6 Å². The van der Waals surface area contributed by atoms with Gasteiger partial charge in [0.2, 0.25) is 0 Å². The Balaban J connectivity index is 2.01. The number of fused-ring (bicyclic) bond motifs is 1. The summed E-state index contributed by atoms with van der Waals surface area (Å²) in [4.78, 5) is 0. The minimum Gasteiger partial charge on any atom is -0.310 e. The fourth-order valence-electron chi connectivity index (χ4n) is 2.99. The normalized spacial score (nSPS) is 17.0. The molecule has 0 amide bonds. The second-order valence-corrected chi connectivity index (χ2v) is 5.72. The topological polar surface area (TPSA) is 12.0 Å². The maximum atomic E-state index is 13.4. The van der Waals surface area contributed by atoms with Crippen molar-refractivity contribution in [2.45, 2.75) is 25.8 Å². The van der Waals surface area contributed by atoms with Gasteiger partial charge in [-0.1, -0.05) is 36.7 Å². The van der Waals surface area contributed by atoms with Crippen molar-refractivity contribution in [2.24, 2.45) is 0 Å². The monoisotopic (exact) mass is 307 g/mol. The number of hydrogen-bond donors (Lipinski definition) is 1. The second kappa shape index (κ2) is 5.74. The molecule has 0 heterocycles. The first-order valence-electron chi connectivity index (χ1n) is 7.11. The average molecular weight is 308 g/mol. The molecule has 0 aliphatic heterocycles. The Morgan fingerprint density at radius 1 is 1.19 bits per heavy atom. The highest BCUT2D eigenvalue weighted by atomic mass is 35.5. The van der Waals surface area contributed by atoms with Crippen molar-refractivity contribution in [1.82, 2.24) is 5.32 Å². The number of benzene rings is 2. The van der Waals surface area contributed by atoms with E-state index < -0.39 is 11.6 Å². The van der Waals surface area contributed by atoms with Crippen molar-refractivity contribution in [3.05, 3.63) is 58.1 Å². The highest BCUT2D eigenvalue weighted by Gasteiger charge is 2.22. The van der Waals surface area contributed by atoms with Gasteiger partial charge in [-0.3, -0.25) is 0 Å². The van der Waals surface area contributed by atoms with E-state index in [1.54, 1.807) is 0 Å². The van der Waals surface area contributed by atoms with Crippen LogP contribution in [-0.4, -0.2) is 6.54 Å². The molecular weight excluding hydrogens is 292 g/mol. The molecule has 2 aromatic carbocycles. The molecule has 2 aromatic rings. The van der Waals surface area contributed by atoms with Crippen molar-refractivity contribution in [3.8, 4) is 11.1 Å². The number of nitrogens with one attached hydrogen (secondary N) is 1. The third-order valence-corrected chi connectivity index (χ3v) is 4.30. The zero-order valence-electron chi connectivity index (χ0n) is 11.7. The maximum absolute atomic E-state index is 13.4. The Kier molecular flexibility index (Phi) is 3.96. The summed E-state index contributed by atoms with van der Waals surface area (Å²) in [6.07, 6.45) is 2.06. The van der Waals surface area contributed by atoms with Crippen molar-refractivity contribution in [3.63, 3.8) is 0 Å². The molecule has 1 nitrogen and oxygen atoms in total. The van der Waals surface area contributed by atoms with Crippen LogP contribution in [0.3, 0.4) is 0 Å². The van der Waals surface area contributed by atoms with Crippen LogP contribution >= 0.6 is 11.6 Å². The summed E-state index contributed by atoms with van der Waals surface area (Å²) < 4.78 is 26.6. The molecular formula is C17H16ClF2N. The van der Waals surface area contributed by atoms with E-state index >= 15 is 0 Å². The molecule has 1 aliphatic carbocycles. The first kappa shape index (κ1) is 14.5. The Labute approximate surface area is 127 Å². The lowest BCUT2D eigenvalue weighted by atomic mass is 9.99. The van der Waals surface area contributed by atoms with Gasteiger partial charge in [0, 0.05) is 11.6 Å². The molecule has 0 fully saturated rings. The van der Waals surface area contributed by atoms with Crippen LogP contribution < -0.4 is 5.32 Å². The first-order chi connectivity index (χ1) is 10.1. The van der Waals surface area contributed by atoms with Crippen LogP contribution in [0.5, 0.6) is 0 Å². The van der Waals surface area contributed by atoms with E-state index in [1.165, 1.54) is 11.1 Å². The fourth-order valence-corrected chi connectivity index (χ4v) is 3.25. The molecule has 1 aliphatic rings. The van der Waals surface area contributed by atoms with Crippen LogP contribution in [0.4, 0.5) is 8.78 Å². The van der Waals surface area contributed by atoms with E-state index in [4.69, 9.17) is 11.6 Å². The summed E-state index contributed by atoms with van der Waals surface area (Å²) >= 11 is 6.05. The summed E-state index contributed by atoms with van der Waals surface area (Å²) in [5.41, 5.74) is 3.90. The molecule has 1 unspecified atom stereocenters. The lowest BCUT2D eigenvalue weighted by Gasteiger charge is -2.13. The van der Waals surface area contributed by atoms with E-state index in [0.29, 0.717) is 11.6 Å². The Morgan fingerprint density at radius 2 is 1.95 bits per heavy atom. The molecule has 4 heteroatoms. The highest BCUT2D eigenvalue weighted by Crippen LogP contribution is 2.36. The van der Waals surface area contributed by atoms with Gasteiger partial charge in [-0.2, -0.15) is 0 Å². The van der Waals surface area contributed by atoms with Crippen LogP contribution in [0.25, 0.3) is 11.1 Å². The molecule has 0 aromatic heterocycles. The molecule has 0 saturated heterocycles. The largest absolute Gasteiger partial charge is 0.310 e. The van der Waals surface area contributed by atoms with E-state index in [-0.39, 0.29) is 5.02 Å². The molecule has 1 atom stereocenters. The molecule has 0 bridgehead atoms. The first-order valence-corrected chi connectivity index (χ1v) is 7.49. The van der Waals surface area contributed by atoms with Gasteiger partial charge in [-0.05, 0) is 48.2 Å². The summed E-state index contributed by atoms with van der Waals surface area (Å²) in [5, 5.41) is 3.68. The second-order valence-electron chi connectivity index (χ2n) is 5.31. The Morgan fingerprint density at radius 3 is 2.71 bits per heavy atom. The summed E-state index contributed by atoms with van der Waals surface area (Å²) in [5.74, 6) is -1.79. The van der Waals surface area contributed by atoms with E-state index in [1.807, 2.05) is 12.1 Å². The number of aryl methyl sites for hydroxylation is 1. The van der Waals surface area contributed by atoms with Gasteiger partial charge in [0.1, 0.15) is 0 Å². The third kappa shape index (κ3) is 2.68. The Bertz CT molecular complexity index is 685. The number of hydrogen-bond acceptors (Lipinski definition) is 1. The molecule has 110 valence electrons. The van der Waals surface area contributed by atoms with Gasteiger partial charge in [0.05, 0.1) is 5.02 Å². The molecule has 0 spiro atoms. The van der Waals surface area contributed by atoms with Crippen LogP contribution in [0, 0.1) is 11.6 Å². The highest BCUT2D eigenvalue weighted by molar-refractivity contribution is 6.33. The van der Waals surface area contributed by atoms with Gasteiger partial charge < -0.3 is 5.32 Å². The molecule has 1 N–H and O–H groups in total. The van der Waals surface area contributed by atoms with E-state index in [9.17, 15) is 8.78 Å². The van der Waals surface area contributed by atoms with Crippen molar-refractivity contribution < 1.29 is 8.78 Å². The summed E-state index contributed by atoms with van der Waals surface area (Å²) in [6, 6.07) is 8.59. The lowest BCUT2D eigenvalue weighted by Crippen LogP contribution is -2.18. The van der Waals surface area contributed by atoms with Crippen LogP contribution in [-0.2, 0) is 6.42 Å². The van der Waals surface area contributed by atoms with Gasteiger partial charge in [0.15, 0.2) is 11.6 Å². The lowest BCUT2D eigenvalue weighted by molar-refractivity contribution is 0.509. The Hall–Kier alpha value is -1.45.